The average Bonchev–Trinajstić information content (AvgIpc) is 2.00. The van der Waals surface area contributed by atoms with Crippen LogP contribution in [0.2, 0.25) is 0 Å². The lowest BCUT2D eigenvalue weighted by Gasteiger charge is -2.32. The monoisotopic (exact) mass is 220 g/mol. The molecule has 0 bridgehead atoms. The first-order valence-electron chi connectivity index (χ1n) is 5.30. The first kappa shape index (κ1) is 12.3. The normalized spacial score (nSPS) is 24.0. The van der Waals surface area contributed by atoms with Crippen molar-refractivity contribution in [2.24, 2.45) is 5.92 Å². The smallest absolute Gasteiger partial charge is 0.0821 e. The fraction of sp³-hybridized carbons (Fsp3) is 1.00. The third-order valence-electron chi connectivity index (χ3n) is 3.05. The van der Waals surface area contributed by atoms with Crippen molar-refractivity contribution in [1.82, 2.24) is 0 Å². The Morgan fingerprint density at radius 2 is 1.86 bits per heavy atom. The van der Waals surface area contributed by atoms with Gasteiger partial charge >= 0.3 is 0 Å². The van der Waals surface area contributed by atoms with E-state index in [2.05, 4.69) is 12.6 Å². The van der Waals surface area contributed by atoms with Crippen molar-refractivity contribution >= 4 is 12.6 Å². The number of aliphatic hydroxyl groups is 3. The fourth-order valence-corrected chi connectivity index (χ4v) is 2.26. The summed E-state index contributed by atoms with van der Waals surface area (Å²) < 4.78 is 0. The SMILES string of the molecule is OCCC(O)C(O)CC(S)C1CCC1. The Hall–Kier alpha value is 0.230. The molecule has 0 aliphatic heterocycles. The largest absolute Gasteiger partial charge is 0.396 e. The summed E-state index contributed by atoms with van der Waals surface area (Å²) in [4.78, 5) is 0. The molecule has 1 saturated carbocycles. The Morgan fingerprint density at radius 1 is 1.21 bits per heavy atom. The minimum absolute atomic E-state index is 0.0844. The molecule has 84 valence electrons. The van der Waals surface area contributed by atoms with Gasteiger partial charge in [0.1, 0.15) is 0 Å². The molecule has 0 saturated heterocycles. The Kier molecular flexibility index (Phi) is 5.23. The van der Waals surface area contributed by atoms with Crippen LogP contribution >= 0.6 is 12.6 Å². The molecule has 1 fully saturated rings. The summed E-state index contributed by atoms with van der Waals surface area (Å²) in [5.74, 6) is 0.606. The van der Waals surface area contributed by atoms with Crippen LogP contribution in [-0.2, 0) is 0 Å². The molecule has 3 atom stereocenters. The van der Waals surface area contributed by atoms with E-state index in [4.69, 9.17) is 5.11 Å². The average molecular weight is 220 g/mol. The highest BCUT2D eigenvalue weighted by molar-refractivity contribution is 7.81. The van der Waals surface area contributed by atoms with E-state index in [-0.39, 0.29) is 18.3 Å². The molecule has 0 amide bonds. The molecule has 0 aromatic rings. The van der Waals surface area contributed by atoms with Gasteiger partial charge in [-0.15, -0.1) is 0 Å². The van der Waals surface area contributed by atoms with Crippen LogP contribution in [0.4, 0.5) is 0 Å². The van der Waals surface area contributed by atoms with Crippen LogP contribution in [0.15, 0.2) is 0 Å². The van der Waals surface area contributed by atoms with Crippen molar-refractivity contribution in [3.8, 4) is 0 Å². The van der Waals surface area contributed by atoms with Crippen LogP contribution in [-0.4, -0.2) is 39.4 Å². The summed E-state index contributed by atoms with van der Waals surface area (Å²) in [6, 6.07) is 0. The van der Waals surface area contributed by atoms with E-state index in [1.54, 1.807) is 0 Å². The van der Waals surface area contributed by atoms with Gasteiger partial charge in [-0.1, -0.05) is 6.42 Å². The molecule has 1 aliphatic rings. The minimum Gasteiger partial charge on any atom is -0.396 e. The van der Waals surface area contributed by atoms with E-state index in [0.29, 0.717) is 12.3 Å². The van der Waals surface area contributed by atoms with Crippen LogP contribution in [0.5, 0.6) is 0 Å². The molecule has 14 heavy (non-hydrogen) atoms. The summed E-state index contributed by atoms with van der Waals surface area (Å²) in [6.07, 6.45) is 2.85. The van der Waals surface area contributed by atoms with Gasteiger partial charge in [-0.05, 0) is 31.6 Å². The molecule has 0 radical (unpaired) electrons. The Morgan fingerprint density at radius 3 is 2.29 bits per heavy atom. The van der Waals surface area contributed by atoms with Gasteiger partial charge in [-0.2, -0.15) is 12.6 Å². The molecule has 0 aromatic heterocycles. The van der Waals surface area contributed by atoms with Crippen molar-refractivity contribution in [2.75, 3.05) is 6.61 Å². The summed E-state index contributed by atoms with van der Waals surface area (Å²) in [6.45, 7) is -0.0844. The first-order valence-corrected chi connectivity index (χ1v) is 5.82. The van der Waals surface area contributed by atoms with Gasteiger partial charge in [0.05, 0.1) is 12.2 Å². The van der Waals surface area contributed by atoms with Crippen LogP contribution in [0.1, 0.15) is 32.1 Å². The summed E-state index contributed by atoms with van der Waals surface area (Å²) in [7, 11) is 0. The Balaban J connectivity index is 2.20. The summed E-state index contributed by atoms with van der Waals surface area (Å²) in [5.41, 5.74) is 0. The number of thiol groups is 1. The third-order valence-corrected chi connectivity index (χ3v) is 3.68. The third kappa shape index (κ3) is 3.42. The molecule has 1 rings (SSSR count). The predicted octanol–water partition coefficient (Wildman–Crippen LogP) is 0.579. The van der Waals surface area contributed by atoms with Crippen LogP contribution in [0.25, 0.3) is 0 Å². The number of aliphatic hydroxyl groups excluding tert-OH is 3. The molecule has 4 heteroatoms. The maximum atomic E-state index is 9.58. The number of hydrogen-bond acceptors (Lipinski definition) is 4. The second-order valence-electron chi connectivity index (χ2n) is 4.14. The molecular formula is C10H20O3S. The van der Waals surface area contributed by atoms with E-state index in [0.717, 1.165) is 0 Å². The van der Waals surface area contributed by atoms with Gasteiger partial charge in [0.2, 0.25) is 0 Å². The highest BCUT2D eigenvalue weighted by Crippen LogP contribution is 2.34. The number of hydrogen-bond donors (Lipinski definition) is 4. The quantitative estimate of drug-likeness (QED) is 0.495. The van der Waals surface area contributed by atoms with Crippen LogP contribution < -0.4 is 0 Å². The van der Waals surface area contributed by atoms with E-state index in [9.17, 15) is 10.2 Å². The van der Waals surface area contributed by atoms with Crippen LogP contribution in [0, 0.1) is 5.92 Å². The van der Waals surface area contributed by atoms with Crippen molar-refractivity contribution in [2.45, 2.75) is 49.6 Å². The topological polar surface area (TPSA) is 60.7 Å². The van der Waals surface area contributed by atoms with Gasteiger partial charge in [-0.25, -0.2) is 0 Å². The van der Waals surface area contributed by atoms with E-state index < -0.39 is 12.2 Å². The van der Waals surface area contributed by atoms with Gasteiger partial charge in [0.15, 0.2) is 0 Å². The molecule has 0 aromatic carbocycles. The molecule has 3 unspecified atom stereocenters. The molecule has 3 nitrogen and oxygen atoms in total. The molecule has 0 spiro atoms. The van der Waals surface area contributed by atoms with Crippen molar-refractivity contribution < 1.29 is 15.3 Å². The van der Waals surface area contributed by atoms with Crippen molar-refractivity contribution in [1.29, 1.82) is 0 Å². The van der Waals surface area contributed by atoms with Gasteiger partial charge in [-0.3, -0.25) is 0 Å². The highest BCUT2D eigenvalue weighted by atomic mass is 32.1. The molecule has 3 N–H and O–H groups in total. The van der Waals surface area contributed by atoms with E-state index in [1.807, 2.05) is 0 Å². The lowest BCUT2D eigenvalue weighted by atomic mass is 9.80. The van der Waals surface area contributed by atoms with Gasteiger partial charge in [0.25, 0.3) is 0 Å². The molecular weight excluding hydrogens is 200 g/mol. The minimum atomic E-state index is -0.810. The second kappa shape index (κ2) is 5.95. The fourth-order valence-electron chi connectivity index (χ4n) is 1.75. The zero-order chi connectivity index (χ0) is 10.6. The van der Waals surface area contributed by atoms with Gasteiger partial charge in [0, 0.05) is 11.9 Å². The highest BCUT2D eigenvalue weighted by Gasteiger charge is 2.28. The zero-order valence-electron chi connectivity index (χ0n) is 8.34. The molecule has 0 heterocycles. The van der Waals surface area contributed by atoms with Gasteiger partial charge < -0.3 is 15.3 Å². The first-order chi connectivity index (χ1) is 6.65. The van der Waals surface area contributed by atoms with E-state index in [1.165, 1.54) is 19.3 Å². The van der Waals surface area contributed by atoms with E-state index >= 15 is 0 Å². The molecule has 1 aliphatic carbocycles. The summed E-state index contributed by atoms with van der Waals surface area (Å²) in [5, 5.41) is 27.8. The maximum absolute atomic E-state index is 9.58. The standard InChI is InChI=1S/C10H20O3S/c11-5-4-8(12)9(13)6-10(14)7-2-1-3-7/h7-14H,1-6H2. The maximum Gasteiger partial charge on any atom is 0.0821 e. The zero-order valence-corrected chi connectivity index (χ0v) is 9.24. The van der Waals surface area contributed by atoms with Crippen molar-refractivity contribution in [3.63, 3.8) is 0 Å². The predicted molar refractivity (Wildman–Crippen MR) is 58.4 cm³/mol. The number of rotatable bonds is 6. The Labute approximate surface area is 90.6 Å². The lowest BCUT2D eigenvalue weighted by molar-refractivity contribution is -0.00239. The van der Waals surface area contributed by atoms with Crippen molar-refractivity contribution in [3.05, 3.63) is 0 Å². The lowest BCUT2D eigenvalue weighted by Crippen LogP contribution is -2.33. The Bertz CT molecular complexity index is 161. The second-order valence-corrected chi connectivity index (χ2v) is 4.80. The summed E-state index contributed by atoms with van der Waals surface area (Å²) >= 11 is 4.42. The van der Waals surface area contributed by atoms with Crippen LogP contribution in [0.3, 0.4) is 0 Å².